The van der Waals surface area contributed by atoms with Crippen LogP contribution in [0.1, 0.15) is 30.5 Å². The van der Waals surface area contributed by atoms with Gasteiger partial charge in [0, 0.05) is 0 Å². The van der Waals surface area contributed by atoms with Crippen molar-refractivity contribution in [1.29, 1.82) is 0 Å². The van der Waals surface area contributed by atoms with Crippen LogP contribution in [0.5, 0.6) is 5.75 Å². The van der Waals surface area contributed by atoms with Gasteiger partial charge in [0.25, 0.3) is 0 Å². The van der Waals surface area contributed by atoms with E-state index < -0.39 is 0 Å². The van der Waals surface area contributed by atoms with Crippen molar-refractivity contribution in [2.75, 3.05) is 6.54 Å². The Bertz CT molecular complexity index is 332. The van der Waals surface area contributed by atoms with E-state index in [0.717, 1.165) is 12.2 Å². The average molecular weight is 207 g/mol. The second-order valence-electron chi connectivity index (χ2n) is 4.25. The lowest BCUT2D eigenvalue weighted by Crippen LogP contribution is -2.09. The number of ether oxygens (including phenoxy) is 1. The number of hydrogen-bond donors (Lipinski definition) is 1. The third kappa shape index (κ3) is 3.24. The molecular weight excluding hydrogens is 186 g/mol. The zero-order chi connectivity index (χ0) is 11.4. The Labute approximate surface area is 92.4 Å². The molecule has 2 N–H and O–H groups in total. The van der Waals surface area contributed by atoms with E-state index in [1.807, 2.05) is 13.8 Å². The van der Waals surface area contributed by atoms with E-state index in [-0.39, 0.29) is 6.10 Å². The summed E-state index contributed by atoms with van der Waals surface area (Å²) >= 11 is 0. The molecule has 1 aromatic carbocycles. The highest BCUT2D eigenvalue weighted by Gasteiger charge is 2.06. The molecule has 0 saturated heterocycles. The number of rotatable bonds is 4. The van der Waals surface area contributed by atoms with Crippen LogP contribution in [0.3, 0.4) is 0 Å². The van der Waals surface area contributed by atoms with Crippen LogP contribution >= 0.6 is 0 Å². The van der Waals surface area contributed by atoms with Crippen LogP contribution in [0.25, 0.3) is 0 Å². The van der Waals surface area contributed by atoms with Crippen LogP contribution in [-0.4, -0.2) is 12.6 Å². The summed E-state index contributed by atoms with van der Waals surface area (Å²) in [4.78, 5) is 0. The minimum Gasteiger partial charge on any atom is -0.491 e. The van der Waals surface area contributed by atoms with E-state index in [1.54, 1.807) is 0 Å². The summed E-state index contributed by atoms with van der Waals surface area (Å²) < 4.78 is 5.73. The van der Waals surface area contributed by atoms with E-state index >= 15 is 0 Å². The number of benzene rings is 1. The SMILES string of the molecule is Cc1cc(OC(C)C)c(C)cc1CCN. The van der Waals surface area contributed by atoms with E-state index in [2.05, 4.69) is 26.0 Å². The van der Waals surface area contributed by atoms with Gasteiger partial charge in [0.15, 0.2) is 0 Å². The van der Waals surface area contributed by atoms with Crippen molar-refractivity contribution in [3.63, 3.8) is 0 Å². The highest BCUT2D eigenvalue weighted by atomic mass is 16.5. The summed E-state index contributed by atoms with van der Waals surface area (Å²) in [5, 5.41) is 0. The molecule has 0 fully saturated rings. The summed E-state index contributed by atoms with van der Waals surface area (Å²) in [6, 6.07) is 4.29. The molecule has 0 amide bonds. The Balaban J connectivity index is 2.97. The second kappa shape index (κ2) is 5.17. The van der Waals surface area contributed by atoms with Crippen LogP contribution in [0.15, 0.2) is 12.1 Å². The Morgan fingerprint density at radius 2 is 1.87 bits per heavy atom. The Morgan fingerprint density at radius 1 is 1.20 bits per heavy atom. The first-order chi connectivity index (χ1) is 7.04. The summed E-state index contributed by atoms with van der Waals surface area (Å²) in [5.41, 5.74) is 9.35. The van der Waals surface area contributed by atoms with Gasteiger partial charge in [-0.2, -0.15) is 0 Å². The normalized spacial score (nSPS) is 10.8. The first-order valence-electron chi connectivity index (χ1n) is 5.51. The van der Waals surface area contributed by atoms with Gasteiger partial charge >= 0.3 is 0 Å². The molecule has 0 unspecified atom stereocenters. The van der Waals surface area contributed by atoms with E-state index in [4.69, 9.17) is 10.5 Å². The molecule has 15 heavy (non-hydrogen) atoms. The molecule has 0 atom stereocenters. The standard InChI is InChI=1S/C13H21NO/c1-9(2)15-13-8-10(3)12(5-6-14)7-11(13)4/h7-9H,5-6,14H2,1-4H3. The average Bonchev–Trinajstić information content (AvgIpc) is 2.13. The first kappa shape index (κ1) is 12.1. The molecular formula is C13H21NO. The molecule has 2 nitrogen and oxygen atoms in total. The predicted molar refractivity (Wildman–Crippen MR) is 64.4 cm³/mol. The minimum atomic E-state index is 0.225. The topological polar surface area (TPSA) is 35.2 Å². The highest BCUT2D eigenvalue weighted by molar-refractivity contribution is 5.41. The highest BCUT2D eigenvalue weighted by Crippen LogP contribution is 2.24. The van der Waals surface area contributed by atoms with Crippen molar-refractivity contribution < 1.29 is 4.74 Å². The first-order valence-corrected chi connectivity index (χ1v) is 5.51. The number of hydrogen-bond acceptors (Lipinski definition) is 2. The molecule has 0 bridgehead atoms. The molecule has 0 aliphatic carbocycles. The quantitative estimate of drug-likeness (QED) is 0.823. The van der Waals surface area contributed by atoms with Crippen LogP contribution < -0.4 is 10.5 Å². The Kier molecular flexibility index (Phi) is 4.15. The molecule has 0 spiro atoms. The van der Waals surface area contributed by atoms with Gasteiger partial charge in [-0.3, -0.25) is 0 Å². The Hall–Kier alpha value is -1.02. The lowest BCUT2D eigenvalue weighted by atomic mass is 10.0. The maximum atomic E-state index is 5.73. The third-order valence-electron chi connectivity index (χ3n) is 2.41. The Morgan fingerprint density at radius 3 is 2.40 bits per heavy atom. The molecule has 0 aliphatic heterocycles. The lowest BCUT2D eigenvalue weighted by molar-refractivity contribution is 0.240. The molecule has 84 valence electrons. The van der Waals surface area contributed by atoms with Crippen molar-refractivity contribution in [2.24, 2.45) is 5.73 Å². The summed E-state index contributed by atoms with van der Waals surface area (Å²) in [6.45, 7) is 8.98. The monoisotopic (exact) mass is 207 g/mol. The van der Waals surface area contributed by atoms with Crippen molar-refractivity contribution in [3.8, 4) is 5.75 Å². The maximum absolute atomic E-state index is 5.73. The predicted octanol–water partition coefficient (Wildman–Crippen LogP) is 2.59. The smallest absolute Gasteiger partial charge is 0.122 e. The summed E-state index contributed by atoms with van der Waals surface area (Å²) in [5.74, 6) is 0.989. The van der Waals surface area contributed by atoms with Gasteiger partial charge in [-0.15, -0.1) is 0 Å². The van der Waals surface area contributed by atoms with Gasteiger partial charge in [-0.25, -0.2) is 0 Å². The van der Waals surface area contributed by atoms with E-state index in [9.17, 15) is 0 Å². The molecule has 2 heteroatoms. The fourth-order valence-corrected chi connectivity index (χ4v) is 1.66. The van der Waals surface area contributed by atoms with Crippen molar-refractivity contribution in [2.45, 2.75) is 40.2 Å². The third-order valence-corrected chi connectivity index (χ3v) is 2.41. The zero-order valence-electron chi connectivity index (χ0n) is 10.1. The number of aryl methyl sites for hydroxylation is 2. The number of nitrogens with two attached hydrogens (primary N) is 1. The largest absolute Gasteiger partial charge is 0.491 e. The van der Waals surface area contributed by atoms with Crippen LogP contribution in [0.4, 0.5) is 0 Å². The zero-order valence-corrected chi connectivity index (χ0v) is 10.1. The van der Waals surface area contributed by atoms with E-state index in [1.165, 1.54) is 16.7 Å². The summed E-state index contributed by atoms with van der Waals surface area (Å²) in [7, 11) is 0. The van der Waals surface area contributed by atoms with Crippen molar-refractivity contribution in [3.05, 3.63) is 28.8 Å². The molecule has 0 radical (unpaired) electrons. The van der Waals surface area contributed by atoms with Gasteiger partial charge in [0.2, 0.25) is 0 Å². The molecule has 0 aromatic heterocycles. The van der Waals surface area contributed by atoms with Crippen LogP contribution in [-0.2, 0) is 6.42 Å². The fourth-order valence-electron chi connectivity index (χ4n) is 1.66. The van der Waals surface area contributed by atoms with Gasteiger partial charge in [-0.1, -0.05) is 6.07 Å². The summed E-state index contributed by atoms with van der Waals surface area (Å²) in [6.07, 6.45) is 1.16. The van der Waals surface area contributed by atoms with Gasteiger partial charge in [-0.05, 0) is 63.4 Å². The van der Waals surface area contributed by atoms with Crippen molar-refractivity contribution in [1.82, 2.24) is 0 Å². The van der Waals surface area contributed by atoms with Gasteiger partial charge < -0.3 is 10.5 Å². The van der Waals surface area contributed by atoms with Crippen LogP contribution in [0, 0.1) is 13.8 Å². The van der Waals surface area contributed by atoms with E-state index in [0.29, 0.717) is 6.54 Å². The molecule has 0 heterocycles. The second-order valence-corrected chi connectivity index (χ2v) is 4.25. The van der Waals surface area contributed by atoms with Gasteiger partial charge in [0.1, 0.15) is 5.75 Å². The maximum Gasteiger partial charge on any atom is 0.122 e. The van der Waals surface area contributed by atoms with Gasteiger partial charge in [0.05, 0.1) is 6.10 Å². The molecule has 0 saturated carbocycles. The fraction of sp³-hybridized carbons (Fsp3) is 0.538. The van der Waals surface area contributed by atoms with Crippen molar-refractivity contribution >= 4 is 0 Å². The molecule has 1 aromatic rings. The molecule has 0 aliphatic rings. The van der Waals surface area contributed by atoms with Crippen LogP contribution in [0.2, 0.25) is 0 Å². The lowest BCUT2D eigenvalue weighted by Gasteiger charge is -2.15. The minimum absolute atomic E-state index is 0.225. The molecule has 1 rings (SSSR count).